The second-order valence-corrected chi connectivity index (χ2v) is 7.79. The molecule has 1 aliphatic rings. The summed E-state index contributed by atoms with van der Waals surface area (Å²) in [4.78, 5) is 0. The van der Waals surface area contributed by atoms with Crippen LogP contribution in [-0.2, 0) is 11.7 Å². The van der Waals surface area contributed by atoms with Crippen molar-refractivity contribution in [2.24, 2.45) is 0 Å². The Hall–Kier alpha value is -0.750. The summed E-state index contributed by atoms with van der Waals surface area (Å²) >= 11 is -5.98. The monoisotopic (exact) mass is 402 g/mol. The number of hydrogen-bond acceptors (Lipinski definition) is 2. The second kappa shape index (κ2) is 3.88. The van der Waals surface area contributed by atoms with Crippen LogP contribution in [0, 0.1) is 3.57 Å². The van der Waals surface area contributed by atoms with E-state index in [-0.39, 0.29) is 0 Å². The minimum atomic E-state index is -5.98. The van der Waals surface area contributed by atoms with E-state index in [1.165, 1.54) is 0 Å². The van der Waals surface area contributed by atoms with E-state index in [2.05, 4.69) is 3.07 Å². The third-order valence-electron chi connectivity index (χ3n) is 2.53. The van der Waals surface area contributed by atoms with E-state index in [1.807, 2.05) is 0 Å². The Morgan fingerprint density at radius 1 is 1.05 bits per heavy atom. The topological polar surface area (TPSA) is 46.5 Å². The number of benzene rings is 1. The van der Waals surface area contributed by atoms with Gasteiger partial charge in [0.2, 0.25) is 0 Å². The molecule has 19 heavy (non-hydrogen) atoms. The van der Waals surface area contributed by atoms with E-state index in [0.29, 0.717) is 6.07 Å². The predicted octanol–water partition coefficient (Wildman–Crippen LogP) is 3.42. The molecule has 0 radical (unpaired) electrons. The summed E-state index contributed by atoms with van der Waals surface area (Å²) in [6.07, 6.45) is -11.8. The van der Waals surface area contributed by atoms with Gasteiger partial charge >= 0.3 is 107 Å². The van der Waals surface area contributed by atoms with Crippen molar-refractivity contribution in [3.63, 3.8) is 0 Å². The van der Waals surface area contributed by atoms with E-state index in [9.17, 15) is 32.8 Å². The van der Waals surface area contributed by atoms with Crippen LogP contribution in [0.3, 0.4) is 0 Å². The molecule has 1 N–H and O–H groups in total. The van der Waals surface area contributed by atoms with Crippen molar-refractivity contribution in [2.75, 3.05) is 0 Å². The molecule has 3 nitrogen and oxygen atoms in total. The maximum atomic E-state index is 12.9. The SMILES string of the molecule is O=I1(O)OC(C(F)(F)F)(C(F)(F)F)c2ccccc21. The first-order chi connectivity index (χ1) is 8.43. The summed E-state index contributed by atoms with van der Waals surface area (Å²) in [6.45, 7) is 0. The van der Waals surface area contributed by atoms with Crippen molar-refractivity contribution in [2.45, 2.75) is 18.0 Å². The zero-order valence-corrected chi connectivity index (χ0v) is 10.9. The molecule has 1 aromatic rings. The molecule has 0 fully saturated rings. The van der Waals surface area contributed by atoms with Crippen LogP contribution in [-0.4, -0.2) is 15.8 Å². The van der Waals surface area contributed by atoms with E-state index in [4.69, 9.17) is 0 Å². The molecule has 0 aromatic heterocycles. The van der Waals surface area contributed by atoms with Gasteiger partial charge in [-0.1, -0.05) is 0 Å². The first-order valence-corrected chi connectivity index (χ1v) is 8.39. The summed E-state index contributed by atoms with van der Waals surface area (Å²) in [5, 5.41) is 0. The van der Waals surface area contributed by atoms with Crippen molar-refractivity contribution in [3.05, 3.63) is 33.4 Å². The van der Waals surface area contributed by atoms with E-state index in [0.717, 1.165) is 18.2 Å². The average molecular weight is 402 g/mol. The van der Waals surface area contributed by atoms with Crippen LogP contribution in [0.2, 0.25) is 0 Å². The molecule has 0 aliphatic carbocycles. The Morgan fingerprint density at radius 3 is 2.00 bits per heavy atom. The van der Waals surface area contributed by atoms with Gasteiger partial charge in [0.05, 0.1) is 0 Å². The fraction of sp³-hybridized carbons (Fsp3) is 0.333. The van der Waals surface area contributed by atoms with E-state index in [1.54, 1.807) is 0 Å². The first-order valence-electron chi connectivity index (χ1n) is 4.58. The predicted molar refractivity (Wildman–Crippen MR) is 56.9 cm³/mol. The molecule has 2 rings (SSSR count). The number of fused-ring (bicyclic) bond motifs is 1. The number of hydrogen-bond donors (Lipinski definition) is 1. The summed E-state index contributed by atoms with van der Waals surface area (Å²) in [7, 11) is 0. The number of rotatable bonds is 0. The fourth-order valence-electron chi connectivity index (χ4n) is 1.75. The van der Waals surface area contributed by atoms with Gasteiger partial charge in [0, 0.05) is 0 Å². The average Bonchev–Trinajstić information content (AvgIpc) is 2.48. The van der Waals surface area contributed by atoms with Gasteiger partial charge in [-0.3, -0.25) is 0 Å². The Balaban J connectivity index is 2.85. The maximum absolute atomic E-state index is 12.9. The molecule has 0 spiro atoms. The standard InChI is InChI=1S/C9H5F6IO3/c10-8(11,12)7(9(13,14)15)5-3-1-2-4-6(5)16(17,18)19-7/h1-4H,(H,17,18). The van der Waals surface area contributed by atoms with E-state index < -0.39 is 46.3 Å². The van der Waals surface area contributed by atoms with Crippen molar-refractivity contribution in [1.82, 2.24) is 0 Å². The van der Waals surface area contributed by atoms with Crippen molar-refractivity contribution in [1.29, 1.82) is 0 Å². The van der Waals surface area contributed by atoms with Gasteiger partial charge in [0.15, 0.2) is 0 Å². The zero-order chi connectivity index (χ0) is 14.7. The normalized spacial score (nSPS) is 29.6. The molecule has 1 atom stereocenters. The van der Waals surface area contributed by atoms with Crippen molar-refractivity contribution >= 4 is 19.3 Å². The van der Waals surface area contributed by atoms with Crippen molar-refractivity contribution in [3.8, 4) is 0 Å². The Morgan fingerprint density at radius 2 is 1.53 bits per heavy atom. The van der Waals surface area contributed by atoms with Crippen LogP contribution in [0.4, 0.5) is 26.3 Å². The summed E-state index contributed by atoms with van der Waals surface area (Å²) < 4.78 is 101. The molecule has 0 saturated heterocycles. The van der Waals surface area contributed by atoms with E-state index >= 15 is 0 Å². The van der Waals surface area contributed by atoms with Gasteiger partial charge in [-0.15, -0.1) is 0 Å². The Kier molecular flexibility index (Phi) is 3.00. The summed E-state index contributed by atoms with van der Waals surface area (Å²) in [5.74, 6) is 0. The molecule has 0 amide bonds. The van der Waals surface area contributed by atoms with Crippen LogP contribution < -0.4 is 0 Å². The molecular formula is C9H5F6IO3. The van der Waals surface area contributed by atoms with Crippen LogP contribution >= 0.6 is 19.3 Å². The van der Waals surface area contributed by atoms with Gasteiger partial charge < -0.3 is 0 Å². The molecule has 0 bridgehead atoms. The molecule has 0 saturated carbocycles. The van der Waals surface area contributed by atoms with Crippen LogP contribution in [0.1, 0.15) is 5.56 Å². The summed E-state index contributed by atoms with van der Waals surface area (Å²) in [6, 6.07) is 3.21. The van der Waals surface area contributed by atoms with Gasteiger partial charge in [0.1, 0.15) is 0 Å². The van der Waals surface area contributed by atoms with Crippen LogP contribution in [0.5, 0.6) is 0 Å². The molecular weight excluding hydrogens is 397 g/mol. The molecule has 1 unspecified atom stereocenters. The fourth-order valence-corrected chi connectivity index (χ4v) is 5.57. The van der Waals surface area contributed by atoms with Crippen LogP contribution in [0.25, 0.3) is 0 Å². The van der Waals surface area contributed by atoms with Gasteiger partial charge in [-0.2, -0.15) is 0 Å². The van der Waals surface area contributed by atoms with Crippen LogP contribution in [0.15, 0.2) is 24.3 Å². The third kappa shape index (κ3) is 1.88. The Bertz CT molecular complexity index is 550. The molecule has 1 aliphatic heterocycles. The van der Waals surface area contributed by atoms with Crippen molar-refractivity contribution < 1.29 is 35.9 Å². The quantitative estimate of drug-likeness (QED) is 0.535. The number of halogens is 7. The Labute approximate surface area is 107 Å². The molecule has 1 heterocycles. The van der Waals surface area contributed by atoms with Gasteiger partial charge in [0.25, 0.3) is 0 Å². The van der Waals surface area contributed by atoms with Gasteiger partial charge in [-0.05, 0) is 0 Å². The molecule has 1 aromatic carbocycles. The molecule has 108 valence electrons. The first kappa shape index (κ1) is 14.7. The minimum absolute atomic E-state index is 0.496. The molecule has 10 heteroatoms. The van der Waals surface area contributed by atoms with Gasteiger partial charge in [-0.25, -0.2) is 0 Å². The summed E-state index contributed by atoms with van der Waals surface area (Å²) in [5.41, 5.74) is -6.12. The number of alkyl halides is 6. The third-order valence-corrected chi connectivity index (χ3v) is 6.20. The zero-order valence-electron chi connectivity index (χ0n) is 8.72. The second-order valence-electron chi connectivity index (χ2n) is 3.67.